The lowest BCUT2D eigenvalue weighted by molar-refractivity contribution is -0.674. The normalized spacial score (nSPS) is 10.5. The summed E-state index contributed by atoms with van der Waals surface area (Å²) >= 11 is 5.97. The zero-order valence-electron chi connectivity index (χ0n) is 11.0. The van der Waals surface area contributed by atoms with E-state index in [1.807, 2.05) is 20.8 Å². The number of rotatable bonds is 3. The van der Waals surface area contributed by atoms with Gasteiger partial charge in [0.2, 0.25) is 0 Å². The predicted octanol–water partition coefficient (Wildman–Crippen LogP) is 3.46. The van der Waals surface area contributed by atoms with E-state index in [1.54, 1.807) is 12.1 Å². The highest BCUT2D eigenvalue weighted by molar-refractivity contribution is 14.0. The van der Waals surface area contributed by atoms with Crippen LogP contribution in [0.3, 0.4) is 0 Å². The Morgan fingerprint density at radius 1 is 1.42 bits per heavy atom. The van der Waals surface area contributed by atoms with Gasteiger partial charge in [-0.15, -0.1) is 24.0 Å². The minimum Gasteiger partial charge on any atom is -0.258 e. The number of aromatic nitrogens is 2. The first-order valence-corrected chi connectivity index (χ1v) is 6.25. The van der Waals surface area contributed by atoms with Crippen LogP contribution in [0.1, 0.15) is 19.7 Å². The SMILES string of the molecule is CCn1c(C)[n+](CC)c2cc(Cl)c([N+](=O)[O-])cc21.I. The van der Waals surface area contributed by atoms with Crippen molar-refractivity contribution >= 4 is 52.3 Å². The maximum Gasteiger partial charge on any atom is 0.292 e. The molecule has 0 N–H and O–H groups in total. The van der Waals surface area contributed by atoms with E-state index in [9.17, 15) is 10.1 Å². The molecule has 0 aliphatic rings. The zero-order chi connectivity index (χ0) is 13.4. The maximum atomic E-state index is 10.9. The molecule has 2 aromatic rings. The second-order valence-corrected chi connectivity index (χ2v) is 4.49. The van der Waals surface area contributed by atoms with Crippen LogP contribution in [-0.2, 0) is 13.1 Å². The number of fused-ring (bicyclic) bond motifs is 1. The first kappa shape index (κ1) is 16.2. The van der Waals surface area contributed by atoms with Gasteiger partial charge in [-0.3, -0.25) is 10.1 Å². The van der Waals surface area contributed by atoms with Gasteiger partial charge in [-0.25, -0.2) is 9.13 Å². The number of hydrogen-bond acceptors (Lipinski definition) is 2. The molecule has 0 saturated carbocycles. The van der Waals surface area contributed by atoms with Crippen LogP contribution in [-0.4, -0.2) is 9.49 Å². The Morgan fingerprint density at radius 3 is 2.53 bits per heavy atom. The van der Waals surface area contributed by atoms with E-state index in [4.69, 9.17) is 11.6 Å². The van der Waals surface area contributed by atoms with Crippen LogP contribution < -0.4 is 4.57 Å². The molecule has 2 rings (SSSR count). The number of halogens is 2. The minimum absolute atomic E-state index is 0. The van der Waals surface area contributed by atoms with Crippen molar-refractivity contribution in [1.29, 1.82) is 0 Å². The molecule has 0 bridgehead atoms. The highest BCUT2D eigenvalue weighted by atomic mass is 127. The van der Waals surface area contributed by atoms with Gasteiger partial charge in [-0.1, -0.05) is 11.6 Å². The highest BCUT2D eigenvalue weighted by Crippen LogP contribution is 2.29. The number of nitro benzene ring substituents is 1. The minimum atomic E-state index is -0.444. The van der Waals surface area contributed by atoms with Crippen LogP contribution in [0.4, 0.5) is 5.69 Å². The molecule has 0 spiro atoms. The molecule has 0 radical (unpaired) electrons. The Labute approximate surface area is 133 Å². The summed E-state index contributed by atoms with van der Waals surface area (Å²) in [5, 5.41) is 11.1. The number of nitro groups is 1. The number of imidazole rings is 1. The van der Waals surface area contributed by atoms with E-state index in [0.29, 0.717) is 0 Å². The first-order valence-electron chi connectivity index (χ1n) is 5.87. The van der Waals surface area contributed by atoms with Gasteiger partial charge in [0.05, 0.1) is 24.1 Å². The fourth-order valence-electron chi connectivity index (χ4n) is 2.41. The molecule has 5 nitrogen and oxygen atoms in total. The van der Waals surface area contributed by atoms with Crippen LogP contribution >= 0.6 is 35.6 Å². The molecular weight excluding hydrogens is 381 g/mol. The number of hydrogen-bond donors (Lipinski definition) is 0. The molecule has 0 atom stereocenters. The molecule has 0 saturated heterocycles. The van der Waals surface area contributed by atoms with E-state index in [2.05, 4.69) is 9.13 Å². The quantitative estimate of drug-likeness (QED) is 0.345. The monoisotopic (exact) mass is 396 g/mol. The van der Waals surface area contributed by atoms with Gasteiger partial charge in [0.25, 0.3) is 11.5 Å². The zero-order valence-corrected chi connectivity index (χ0v) is 14.1. The molecule has 0 fully saturated rings. The standard InChI is InChI=1S/C12H15ClN3O2.HI/c1-4-14-8(3)15(5-2)12-7-10(16(17)18)9(13)6-11(12)14;/h6-7H,4-5H2,1-3H3;1H/q+1;. The summed E-state index contributed by atoms with van der Waals surface area (Å²) in [6, 6.07) is 3.23. The van der Waals surface area contributed by atoms with E-state index < -0.39 is 4.92 Å². The Hall–Kier alpha value is -0.890. The van der Waals surface area contributed by atoms with Crippen LogP contribution in [0.5, 0.6) is 0 Å². The summed E-state index contributed by atoms with van der Waals surface area (Å²) in [7, 11) is 0. The summed E-state index contributed by atoms with van der Waals surface area (Å²) in [4.78, 5) is 10.5. The summed E-state index contributed by atoms with van der Waals surface area (Å²) in [5.74, 6) is 1.08. The lowest BCUT2D eigenvalue weighted by Crippen LogP contribution is -2.35. The fourth-order valence-corrected chi connectivity index (χ4v) is 2.63. The van der Waals surface area contributed by atoms with Crippen molar-refractivity contribution in [2.24, 2.45) is 0 Å². The van der Waals surface area contributed by atoms with Crippen molar-refractivity contribution in [3.05, 3.63) is 33.1 Å². The fraction of sp³-hybridized carbons (Fsp3) is 0.417. The molecule has 0 aliphatic heterocycles. The Morgan fingerprint density at radius 2 is 2.05 bits per heavy atom. The maximum absolute atomic E-state index is 10.9. The molecule has 1 aromatic carbocycles. The van der Waals surface area contributed by atoms with Gasteiger partial charge < -0.3 is 0 Å². The number of nitrogens with zero attached hydrogens (tertiary/aromatic N) is 3. The summed E-state index contributed by atoms with van der Waals surface area (Å²) < 4.78 is 4.16. The van der Waals surface area contributed by atoms with Gasteiger partial charge in [0.15, 0.2) is 11.0 Å². The summed E-state index contributed by atoms with van der Waals surface area (Å²) in [6.07, 6.45) is 0. The van der Waals surface area contributed by atoms with Gasteiger partial charge in [0.1, 0.15) is 5.02 Å². The van der Waals surface area contributed by atoms with Crippen LogP contribution in [0, 0.1) is 17.0 Å². The molecular formula is C12H16ClIN3O2+. The van der Waals surface area contributed by atoms with Crippen LogP contribution in [0.2, 0.25) is 5.02 Å². The van der Waals surface area contributed by atoms with Gasteiger partial charge in [-0.2, -0.15) is 0 Å². The smallest absolute Gasteiger partial charge is 0.258 e. The molecule has 104 valence electrons. The third-order valence-corrected chi connectivity index (χ3v) is 3.54. The Bertz CT molecular complexity index is 640. The number of aryl methyl sites for hydroxylation is 2. The van der Waals surface area contributed by atoms with Crippen molar-refractivity contribution in [3.63, 3.8) is 0 Å². The molecule has 0 amide bonds. The van der Waals surface area contributed by atoms with Gasteiger partial charge in [-0.05, 0) is 13.8 Å². The van der Waals surface area contributed by atoms with E-state index in [1.165, 1.54) is 0 Å². The first-order chi connectivity index (χ1) is 8.51. The van der Waals surface area contributed by atoms with Gasteiger partial charge in [0, 0.05) is 13.0 Å². The average molecular weight is 397 g/mol. The largest absolute Gasteiger partial charge is 0.292 e. The van der Waals surface area contributed by atoms with E-state index >= 15 is 0 Å². The second kappa shape index (κ2) is 6.04. The second-order valence-electron chi connectivity index (χ2n) is 4.09. The van der Waals surface area contributed by atoms with Crippen molar-refractivity contribution in [2.75, 3.05) is 0 Å². The lowest BCUT2D eigenvalue weighted by atomic mass is 10.2. The molecule has 0 unspecified atom stereocenters. The van der Waals surface area contributed by atoms with Crippen molar-refractivity contribution < 1.29 is 9.49 Å². The third-order valence-electron chi connectivity index (χ3n) is 3.24. The molecule has 1 aromatic heterocycles. The molecule has 7 heteroatoms. The lowest BCUT2D eigenvalue weighted by Gasteiger charge is -1.96. The third kappa shape index (κ3) is 2.55. The molecule has 0 aliphatic carbocycles. The average Bonchev–Trinajstić information content (AvgIpc) is 2.58. The van der Waals surface area contributed by atoms with Crippen LogP contribution in [0.25, 0.3) is 11.0 Å². The summed E-state index contributed by atoms with van der Waals surface area (Å²) in [5.41, 5.74) is 1.75. The van der Waals surface area contributed by atoms with Crippen molar-refractivity contribution in [3.8, 4) is 0 Å². The molecule has 1 heterocycles. The number of benzene rings is 1. The van der Waals surface area contributed by atoms with E-state index in [-0.39, 0.29) is 34.7 Å². The highest BCUT2D eigenvalue weighted by Gasteiger charge is 2.24. The van der Waals surface area contributed by atoms with E-state index in [0.717, 1.165) is 29.9 Å². The van der Waals surface area contributed by atoms with Crippen LogP contribution in [0.15, 0.2) is 12.1 Å². The van der Waals surface area contributed by atoms with Gasteiger partial charge >= 0.3 is 0 Å². The predicted molar refractivity (Wildman–Crippen MR) is 85.3 cm³/mol. The van der Waals surface area contributed by atoms with Crippen molar-refractivity contribution in [1.82, 2.24) is 4.57 Å². The molecule has 19 heavy (non-hydrogen) atoms. The Balaban J connectivity index is 0.00000180. The van der Waals surface area contributed by atoms with Crippen molar-refractivity contribution in [2.45, 2.75) is 33.9 Å². The summed E-state index contributed by atoms with van der Waals surface area (Å²) in [6.45, 7) is 7.65. The topological polar surface area (TPSA) is 52.0 Å². The Kier molecular flexibility index (Phi) is 5.14.